The van der Waals surface area contributed by atoms with Gasteiger partial charge in [-0.25, -0.2) is 0 Å². The maximum absolute atomic E-state index is 10.6. The van der Waals surface area contributed by atoms with E-state index in [1.807, 2.05) is 0 Å². The van der Waals surface area contributed by atoms with E-state index in [0.29, 0.717) is 12.4 Å². The summed E-state index contributed by atoms with van der Waals surface area (Å²) in [5.74, 6) is 3.51. The number of benzene rings is 1. The van der Waals surface area contributed by atoms with Crippen LogP contribution in [0.2, 0.25) is 0 Å². The molecule has 21 heavy (non-hydrogen) atoms. The van der Waals surface area contributed by atoms with Gasteiger partial charge in [0.15, 0.2) is 0 Å². The first kappa shape index (κ1) is 14.3. The van der Waals surface area contributed by atoms with Crippen molar-refractivity contribution in [2.75, 3.05) is 19.7 Å². The zero-order valence-corrected chi connectivity index (χ0v) is 12.2. The molecule has 3 rings (SSSR count). The molecule has 0 radical (unpaired) electrons. The molecule has 0 aliphatic heterocycles. The number of nitrogens with zero attached hydrogens (tertiary/aromatic N) is 1. The van der Waals surface area contributed by atoms with Crippen LogP contribution in [-0.4, -0.2) is 24.6 Å². The van der Waals surface area contributed by atoms with Crippen molar-refractivity contribution in [3.63, 3.8) is 0 Å². The lowest BCUT2D eigenvalue weighted by atomic mass is 9.98. The van der Waals surface area contributed by atoms with Crippen molar-refractivity contribution in [3.05, 3.63) is 34.4 Å². The average Bonchev–Trinajstić information content (AvgIpc) is 3.37. The summed E-state index contributed by atoms with van der Waals surface area (Å²) in [4.78, 5) is 10.1. The number of nitro groups is 1. The van der Waals surface area contributed by atoms with E-state index in [9.17, 15) is 10.1 Å². The molecule has 5 heteroatoms. The Labute approximate surface area is 124 Å². The standard InChI is InChI=1S/C16H22N2O3/c19-18(20)14-5-7-15(8-6-14)21-10-9-17-11-16(12-1-2-12)13-3-4-13/h5-8,12-13,16-17H,1-4,9-11H2. The molecular formula is C16H22N2O3. The summed E-state index contributed by atoms with van der Waals surface area (Å²) < 4.78 is 5.59. The number of hydrogen-bond donors (Lipinski definition) is 1. The zero-order chi connectivity index (χ0) is 14.7. The molecule has 0 amide bonds. The summed E-state index contributed by atoms with van der Waals surface area (Å²) in [6.45, 7) is 2.53. The largest absolute Gasteiger partial charge is 0.492 e. The van der Waals surface area contributed by atoms with Gasteiger partial charge >= 0.3 is 0 Å². The Morgan fingerprint density at radius 2 is 1.81 bits per heavy atom. The number of hydrogen-bond acceptors (Lipinski definition) is 4. The fraction of sp³-hybridized carbons (Fsp3) is 0.625. The molecule has 1 aromatic carbocycles. The van der Waals surface area contributed by atoms with E-state index >= 15 is 0 Å². The van der Waals surface area contributed by atoms with Crippen LogP contribution in [0.15, 0.2) is 24.3 Å². The molecule has 0 atom stereocenters. The zero-order valence-electron chi connectivity index (χ0n) is 12.2. The summed E-state index contributed by atoms with van der Waals surface area (Å²) in [5, 5.41) is 14.0. The first-order valence-electron chi connectivity index (χ1n) is 7.82. The van der Waals surface area contributed by atoms with E-state index in [4.69, 9.17) is 4.74 Å². The predicted octanol–water partition coefficient (Wildman–Crippen LogP) is 3.00. The fourth-order valence-electron chi connectivity index (χ4n) is 2.94. The third kappa shape index (κ3) is 4.17. The molecule has 0 heterocycles. The number of nitrogens with one attached hydrogen (secondary N) is 1. The summed E-state index contributed by atoms with van der Waals surface area (Å²) in [5.41, 5.74) is 0.0946. The summed E-state index contributed by atoms with van der Waals surface area (Å²) in [6.07, 6.45) is 5.68. The smallest absolute Gasteiger partial charge is 0.269 e. The number of nitro benzene ring substituents is 1. The molecule has 2 aliphatic carbocycles. The van der Waals surface area contributed by atoms with E-state index in [1.165, 1.54) is 37.8 Å². The Bertz CT molecular complexity index is 469. The lowest BCUT2D eigenvalue weighted by molar-refractivity contribution is -0.384. The van der Waals surface area contributed by atoms with Crippen molar-refractivity contribution < 1.29 is 9.66 Å². The van der Waals surface area contributed by atoms with Crippen molar-refractivity contribution in [1.29, 1.82) is 0 Å². The Morgan fingerprint density at radius 1 is 1.19 bits per heavy atom. The molecule has 0 bridgehead atoms. The fourth-order valence-corrected chi connectivity index (χ4v) is 2.94. The third-order valence-electron chi connectivity index (χ3n) is 4.43. The van der Waals surface area contributed by atoms with Gasteiger partial charge in [0.05, 0.1) is 4.92 Å². The first-order valence-corrected chi connectivity index (χ1v) is 7.82. The van der Waals surface area contributed by atoms with E-state index in [2.05, 4.69) is 5.32 Å². The van der Waals surface area contributed by atoms with Gasteiger partial charge in [0.25, 0.3) is 5.69 Å². The van der Waals surface area contributed by atoms with E-state index in [-0.39, 0.29) is 5.69 Å². The highest BCUT2D eigenvalue weighted by molar-refractivity contribution is 5.35. The minimum atomic E-state index is -0.402. The van der Waals surface area contributed by atoms with Gasteiger partial charge in [0.1, 0.15) is 12.4 Å². The van der Waals surface area contributed by atoms with Crippen LogP contribution in [-0.2, 0) is 0 Å². The maximum atomic E-state index is 10.6. The highest BCUT2D eigenvalue weighted by Crippen LogP contribution is 2.48. The van der Waals surface area contributed by atoms with Crippen LogP contribution in [0.5, 0.6) is 5.75 Å². The number of rotatable bonds is 9. The van der Waals surface area contributed by atoms with Gasteiger partial charge in [-0.2, -0.15) is 0 Å². The summed E-state index contributed by atoms with van der Waals surface area (Å²) in [7, 11) is 0. The van der Waals surface area contributed by atoms with Crippen molar-refractivity contribution in [3.8, 4) is 5.75 Å². The van der Waals surface area contributed by atoms with Crippen molar-refractivity contribution >= 4 is 5.69 Å². The highest BCUT2D eigenvalue weighted by Gasteiger charge is 2.40. The number of ether oxygens (including phenoxy) is 1. The van der Waals surface area contributed by atoms with Crippen LogP contribution in [0, 0.1) is 27.9 Å². The van der Waals surface area contributed by atoms with Crippen LogP contribution in [0.3, 0.4) is 0 Å². The number of non-ortho nitro benzene ring substituents is 1. The first-order chi connectivity index (χ1) is 10.2. The Kier molecular flexibility index (Phi) is 4.39. The quantitative estimate of drug-likeness (QED) is 0.431. The lowest BCUT2D eigenvalue weighted by Crippen LogP contribution is -2.29. The van der Waals surface area contributed by atoms with Gasteiger partial charge in [-0.1, -0.05) is 0 Å². The molecule has 0 aromatic heterocycles. The van der Waals surface area contributed by atoms with E-state index < -0.39 is 4.92 Å². The molecule has 2 fully saturated rings. The highest BCUT2D eigenvalue weighted by atomic mass is 16.6. The monoisotopic (exact) mass is 290 g/mol. The van der Waals surface area contributed by atoms with Gasteiger partial charge in [-0.3, -0.25) is 10.1 Å². The maximum Gasteiger partial charge on any atom is 0.269 e. The molecule has 1 aromatic rings. The molecule has 1 N–H and O–H groups in total. The second kappa shape index (κ2) is 6.43. The minimum absolute atomic E-state index is 0.0946. The molecule has 114 valence electrons. The Morgan fingerprint density at radius 3 is 2.33 bits per heavy atom. The molecule has 0 unspecified atom stereocenters. The molecule has 0 spiro atoms. The van der Waals surface area contributed by atoms with Crippen LogP contribution < -0.4 is 10.1 Å². The molecular weight excluding hydrogens is 268 g/mol. The van der Waals surface area contributed by atoms with E-state index in [1.54, 1.807) is 12.1 Å². The second-order valence-electron chi connectivity index (χ2n) is 6.14. The van der Waals surface area contributed by atoms with Gasteiger partial charge < -0.3 is 10.1 Å². The molecule has 2 saturated carbocycles. The van der Waals surface area contributed by atoms with Crippen LogP contribution >= 0.6 is 0 Å². The van der Waals surface area contributed by atoms with Crippen molar-refractivity contribution in [1.82, 2.24) is 5.32 Å². The average molecular weight is 290 g/mol. The SMILES string of the molecule is O=[N+]([O-])c1ccc(OCCNCC(C2CC2)C2CC2)cc1. The van der Waals surface area contributed by atoms with Crippen LogP contribution in [0.4, 0.5) is 5.69 Å². The van der Waals surface area contributed by atoms with Gasteiger partial charge in [0.2, 0.25) is 0 Å². The van der Waals surface area contributed by atoms with Crippen LogP contribution in [0.1, 0.15) is 25.7 Å². The predicted molar refractivity (Wildman–Crippen MR) is 80.4 cm³/mol. The minimum Gasteiger partial charge on any atom is -0.492 e. The summed E-state index contributed by atoms with van der Waals surface area (Å²) in [6, 6.07) is 6.24. The third-order valence-corrected chi connectivity index (χ3v) is 4.43. The molecule has 0 saturated heterocycles. The van der Waals surface area contributed by atoms with E-state index in [0.717, 1.165) is 30.8 Å². The van der Waals surface area contributed by atoms with Gasteiger partial charge in [0, 0.05) is 18.7 Å². The Hall–Kier alpha value is -1.62. The van der Waals surface area contributed by atoms with Crippen molar-refractivity contribution in [2.45, 2.75) is 25.7 Å². The van der Waals surface area contributed by atoms with Crippen LogP contribution in [0.25, 0.3) is 0 Å². The molecule has 5 nitrogen and oxygen atoms in total. The normalized spacial score (nSPS) is 18.0. The van der Waals surface area contributed by atoms with Gasteiger partial charge in [-0.05, 0) is 62.1 Å². The summed E-state index contributed by atoms with van der Waals surface area (Å²) >= 11 is 0. The van der Waals surface area contributed by atoms with Gasteiger partial charge in [-0.15, -0.1) is 0 Å². The van der Waals surface area contributed by atoms with Crippen molar-refractivity contribution in [2.24, 2.45) is 17.8 Å². The molecule has 2 aliphatic rings. The Balaban J connectivity index is 1.33. The topological polar surface area (TPSA) is 64.4 Å². The lowest BCUT2D eigenvalue weighted by Gasteiger charge is -2.16. The second-order valence-corrected chi connectivity index (χ2v) is 6.14.